The third kappa shape index (κ3) is 3.08. The number of carboxylic acids is 1. The van der Waals surface area contributed by atoms with E-state index in [1.807, 2.05) is 0 Å². The average Bonchev–Trinajstić information content (AvgIpc) is 3.33. The number of aliphatic carboxylic acids is 1. The van der Waals surface area contributed by atoms with Crippen molar-refractivity contribution in [3.8, 4) is 0 Å². The van der Waals surface area contributed by atoms with Crippen LogP contribution in [0.3, 0.4) is 0 Å². The van der Waals surface area contributed by atoms with Crippen LogP contribution in [0.15, 0.2) is 22.4 Å². The first-order valence-corrected chi connectivity index (χ1v) is 11.0. The van der Waals surface area contributed by atoms with Crippen molar-refractivity contribution in [2.24, 2.45) is 0 Å². The Morgan fingerprint density at radius 3 is 2.83 bits per heavy atom. The minimum atomic E-state index is -1.43. The number of amides is 2. The van der Waals surface area contributed by atoms with Gasteiger partial charge in [0, 0.05) is 12.7 Å². The summed E-state index contributed by atoms with van der Waals surface area (Å²) in [5, 5.41) is 30.8. The first-order chi connectivity index (χ1) is 13.9. The highest BCUT2D eigenvalue weighted by Crippen LogP contribution is 2.53. The first-order valence-electron chi connectivity index (χ1n) is 8.21. The zero-order valence-corrected chi connectivity index (χ0v) is 17.5. The number of tetrazole rings is 1. The molecular formula is C14H14N8O4S3. The second-order valence-electron chi connectivity index (χ2n) is 6.12. The molecule has 15 heteroatoms. The molecule has 0 aliphatic carbocycles. The Morgan fingerprint density at radius 1 is 1.45 bits per heavy atom. The molecule has 29 heavy (non-hydrogen) atoms. The summed E-state index contributed by atoms with van der Waals surface area (Å²) in [6.07, 6.45) is 2.77. The Morgan fingerprint density at radius 2 is 2.24 bits per heavy atom. The minimum absolute atomic E-state index is 0.0965. The van der Waals surface area contributed by atoms with E-state index in [1.54, 1.807) is 6.92 Å². The van der Waals surface area contributed by atoms with Crippen LogP contribution < -0.4 is 5.32 Å². The van der Waals surface area contributed by atoms with E-state index < -0.39 is 28.2 Å². The van der Waals surface area contributed by atoms with Crippen LogP contribution in [0.4, 0.5) is 0 Å². The lowest BCUT2D eigenvalue weighted by Crippen LogP contribution is -2.79. The number of carbonyl (C=O) groups is 3. The van der Waals surface area contributed by atoms with E-state index in [0.29, 0.717) is 10.1 Å². The topological polar surface area (TPSA) is 156 Å². The van der Waals surface area contributed by atoms with E-state index in [9.17, 15) is 19.5 Å². The van der Waals surface area contributed by atoms with Crippen LogP contribution in [-0.4, -0.2) is 74.7 Å². The number of aryl methyl sites for hydroxylation is 1. The number of β-lactam (4-membered cyclic amide) rings is 1. The molecule has 2 aliphatic heterocycles. The average molecular weight is 455 g/mol. The van der Waals surface area contributed by atoms with E-state index in [4.69, 9.17) is 0 Å². The second kappa shape index (κ2) is 7.38. The molecule has 2 amide bonds. The van der Waals surface area contributed by atoms with E-state index in [0.717, 1.165) is 16.8 Å². The molecule has 2 unspecified atom stereocenters. The van der Waals surface area contributed by atoms with E-state index in [-0.39, 0.29) is 11.6 Å². The molecular weight excluding hydrogens is 440 g/mol. The highest BCUT2D eigenvalue weighted by atomic mass is 32.2. The standard InChI is InChI=1S/C14H14N8O4S3/c1-6(23)16-10(29-13-18-17-7(2)28-13)14(21-5-15-19-20-21)11(26)22-8(9(24)25)3-4-27-12(14)22/h3,5,10,12H,4H2,1-2H3,(H,16,23)(H,24,25)/t10?,12-,14?/m0/s1. The lowest BCUT2D eigenvalue weighted by atomic mass is 9.86. The molecule has 4 heterocycles. The smallest absolute Gasteiger partial charge is 0.352 e. The Bertz CT molecular complexity index is 1010. The zero-order chi connectivity index (χ0) is 20.8. The Labute approximate surface area is 176 Å². The van der Waals surface area contributed by atoms with Crippen molar-refractivity contribution < 1.29 is 19.5 Å². The van der Waals surface area contributed by atoms with Crippen LogP contribution >= 0.6 is 34.9 Å². The van der Waals surface area contributed by atoms with Crippen LogP contribution in [0.2, 0.25) is 0 Å². The van der Waals surface area contributed by atoms with Gasteiger partial charge < -0.3 is 10.4 Å². The van der Waals surface area contributed by atoms with Gasteiger partial charge in [0.2, 0.25) is 11.4 Å². The van der Waals surface area contributed by atoms with Gasteiger partial charge in [0.05, 0.1) is 0 Å². The molecule has 1 saturated heterocycles. The summed E-state index contributed by atoms with van der Waals surface area (Å²) in [4.78, 5) is 38.3. The lowest BCUT2D eigenvalue weighted by molar-refractivity contribution is -0.163. The number of carbonyl (C=O) groups excluding carboxylic acids is 2. The van der Waals surface area contributed by atoms with Crippen LogP contribution in [0.1, 0.15) is 11.9 Å². The van der Waals surface area contributed by atoms with Crippen molar-refractivity contribution in [3.05, 3.63) is 23.1 Å². The highest BCUT2D eigenvalue weighted by Gasteiger charge is 2.70. The SMILES string of the molecule is CC(=O)NC(Sc1nnc(C)s1)C1(n2cnnn2)C(=O)N2C(C(=O)O)=CCS[C@H]21. The van der Waals surface area contributed by atoms with Gasteiger partial charge in [0.15, 0.2) is 4.34 Å². The van der Waals surface area contributed by atoms with Gasteiger partial charge in [-0.05, 0) is 23.4 Å². The normalized spacial score (nSPS) is 24.3. The van der Waals surface area contributed by atoms with Crippen LogP contribution in [0.5, 0.6) is 0 Å². The molecule has 4 rings (SSSR count). The van der Waals surface area contributed by atoms with Crippen LogP contribution in [0, 0.1) is 6.92 Å². The molecule has 2 aromatic heterocycles. The Kier molecular flexibility index (Phi) is 5.04. The molecule has 2 N–H and O–H groups in total. The van der Waals surface area contributed by atoms with Gasteiger partial charge in [-0.1, -0.05) is 23.1 Å². The van der Waals surface area contributed by atoms with Crippen molar-refractivity contribution in [1.29, 1.82) is 0 Å². The summed E-state index contributed by atoms with van der Waals surface area (Å²) < 4.78 is 1.84. The molecule has 0 spiro atoms. The molecule has 152 valence electrons. The summed E-state index contributed by atoms with van der Waals surface area (Å²) in [5.41, 5.74) is -1.53. The molecule has 0 saturated carbocycles. The molecule has 1 fully saturated rings. The summed E-state index contributed by atoms with van der Waals surface area (Å²) in [7, 11) is 0. The van der Waals surface area contributed by atoms with Gasteiger partial charge in [-0.3, -0.25) is 14.5 Å². The molecule has 0 aromatic carbocycles. The van der Waals surface area contributed by atoms with Gasteiger partial charge in [-0.2, -0.15) is 0 Å². The van der Waals surface area contributed by atoms with Crippen molar-refractivity contribution >= 4 is 52.6 Å². The van der Waals surface area contributed by atoms with Gasteiger partial charge >= 0.3 is 5.97 Å². The summed E-state index contributed by atoms with van der Waals surface area (Å²) >= 11 is 3.84. The highest BCUT2D eigenvalue weighted by molar-refractivity contribution is 8.02. The second-order valence-corrected chi connectivity index (χ2v) is 9.77. The first kappa shape index (κ1) is 19.8. The molecule has 3 atom stereocenters. The number of aromatic nitrogens is 6. The predicted molar refractivity (Wildman–Crippen MR) is 103 cm³/mol. The van der Waals surface area contributed by atoms with E-state index in [2.05, 4.69) is 31.0 Å². The summed E-state index contributed by atoms with van der Waals surface area (Å²) in [5.74, 6) is -1.70. The maximum atomic E-state index is 13.4. The van der Waals surface area contributed by atoms with Crippen molar-refractivity contribution in [1.82, 2.24) is 40.6 Å². The van der Waals surface area contributed by atoms with Gasteiger partial charge in [0.1, 0.15) is 27.8 Å². The Hall–Kier alpha value is -2.52. The fourth-order valence-corrected chi connectivity index (χ4v) is 7.00. The molecule has 2 aromatic rings. The van der Waals surface area contributed by atoms with Gasteiger partial charge in [0.25, 0.3) is 5.91 Å². The van der Waals surface area contributed by atoms with Gasteiger partial charge in [-0.25, -0.2) is 9.48 Å². The maximum Gasteiger partial charge on any atom is 0.352 e. The summed E-state index contributed by atoms with van der Waals surface area (Å²) in [6.45, 7) is 3.13. The van der Waals surface area contributed by atoms with Crippen molar-refractivity contribution in [3.63, 3.8) is 0 Å². The number of carboxylic acid groups (broad SMARTS) is 1. The van der Waals surface area contributed by atoms with Gasteiger partial charge in [-0.15, -0.1) is 27.1 Å². The number of hydrogen-bond acceptors (Lipinski definition) is 11. The number of rotatable bonds is 6. The number of thioether (sulfide) groups is 2. The molecule has 12 nitrogen and oxygen atoms in total. The number of nitrogens with one attached hydrogen (secondary N) is 1. The fraction of sp³-hybridized carbons (Fsp3) is 0.429. The monoisotopic (exact) mass is 454 g/mol. The summed E-state index contributed by atoms with van der Waals surface area (Å²) in [6, 6.07) is 0. The lowest BCUT2D eigenvalue weighted by Gasteiger charge is -2.57. The third-order valence-electron chi connectivity index (χ3n) is 4.37. The van der Waals surface area contributed by atoms with E-state index in [1.165, 1.54) is 52.0 Å². The molecule has 0 radical (unpaired) electrons. The van der Waals surface area contributed by atoms with Crippen molar-refractivity contribution in [2.45, 2.75) is 34.5 Å². The van der Waals surface area contributed by atoms with Crippen LogP contribution in [-0.2, 0) is 19.9 Å². The zero-order valence-electron chi connectivity index (χ0n) is 15.0. The predicted octanol–water partition coefficient (Wildman–Crippen LogP) is -0.334. The number of fused-ring (bicyclic) bond motifs is 1. The molecule has 2 aliphatic rings. The fourth-order valence-electron chi connectivity index (χ4n) is 3.22. The maximum absolute atomic E-state index is 13.4. The number of nitrogens with zero attached hydrogens (tertiary/aromatic N) is 7. The third-order valence-corrected chi connectivity index (χ3v) is 7.78. The van der Waals surface area contributed by atoms with Crippen LogP contribution in [0.25, 0.3) is 0 Å². The van der Waals surface area contributed by atoms with Crippen molar-refractivity contribution in [2.75, 3.05) is 5.75 Å². The minimum Gasteiger partial charge on any atom is -0.477 e. The van der Waals surface area contributed by atoms with E-state index >= 15 is 0 Å². The number of hydrogen-bond donors (Lipinski definition) is 2. The molecule has 0 bridgehead atoms. The Balaban J connectivity index is 1.81. The largest absolute Gasteiger partial charge is 0.477 e. The quantitative estimate of drug-likeness (QED) is 0.334.